The Bertz CT molecular complexity index is 672. The largest absolute Gasteiger partial charge is 0.497 e. The quantitative estimate of drug-likeness (QED) is 0.862. The molecule has 0 aliphatic carbocycles. The number of nitrogens with one attached hydrogen (secondary N) is 1. The van der Waals surface area contributed by atoms with Crippen molar-refractivity contribution in [1.82, 2.24) is 0 Å². The van der Waals surface area contributed by atoms with Crippen LogP contribution in [-0.2, 0) is 4.79 Å². The number of ether oxygens (including phenoxy) is 2. The number of halogens is 2. The van der Waals surface area contributed by atoms with Crippen LogP contribution < -0.4 is 14.8 Å². The number of anilines is 1. The van der Waals surface area contributed by atoms with Crippen molar-refractivity contribution in [3.8, 4) is 22.6 Å². The number of methoxy groups -OCH3 is 1. The molecule has 23 heavy (non-hydrogen) atoms. The Balaban J connectivity index is 2.41. The second-order valence-corrected chi connectivity index (χ2v) is 4.72. The maximum atomic E-state index is 12.6. The second-order valence-electron chi connectivity index (χ2n) is 4.72. The first-order valence-electron chi connectivity index (χ1n) is 7.06. The topological polar surface area (TPSA) is 47.6 Å². The van der Waals surface area contributed by atoms with E-state index in [0.29, 0.717) is 29.0 Å². The highest BCUT2D eigenvalue weighted by atomic mass is 19.3. The Morgan fingerprint density at radius 3 is 2.43 bits per heavy atom. The predicted molar refractivity (Wildman–Crippen MR) is 84.0 cm³/mol. The smallest absolute Gasteiger partial charge is 0.387 e. The number of carbonyl (C=O) groups is 1. The maximum Gasteiger partial charge on any atom is 0.387 e. The summed E-state index contributed by atoms with van der Waals surface area (Å²) in [6.45, 7) is -1.20. The average Bonchev–Trinajstić information content (AvgIpc) is 2.55. The molecule has 0 radical (unpaired) electrons. The van der Waals surface area contributed by atoms with Crippen LogP contribution in [0.4, 0.5) is 14.5 Å². The van der Waals surface area contributed by atoms with Crippen molar-refractivity contribution in [3.05, 3.63) is 42.5 Å². The predicted octanol–water partition coefficient (Wildman–Crippen LogP) is 4.31. The summed E-state index contributed by atoms with van der Waals surface area (Å²) in [6.07, 6.45) is 0.327. The van der Waals surface area contributed by atoms with Crippen molar-refractivity contribution in [2.45, 2.75) is 20.0 Å². The molecule has 2 aromatic rings. The average molecular weight is 321 g/mol. The van der Waals surface area contributed by atoms with Gasteiger partial charge >= 0.3 is 6.61 Å². The van der Waals surface area contributed by atoms with E-state index in [9.17, 15) is 13.6 Å². The lowest BCUT2D eigenvalue weighted by Gasteiger charge is -2.13. The van der Waals surface area contributed by atoms with Gasteiger partial charge in [0.05, 0.1) is 7.11 Å². The number of amides is 1. The molecule has 0 fully saturated rings. The molecule has 2 rings (SSSR count). The van der Waals surface area contributed by atoms with Crippen LogP contribution in [0.1, 0.15) is 13.3 Å². The molecule has 0 bridgehead atoms. The summed E-state index contributed by atoms with van der Waals surface area (Å²) in [4.78, 5) is 11.5. The fraction of sp³-hybridized carbons (Fsp3) is 0.235. The van der Waals surface area contributed by atoms with Crippen LogP contribution in [0, 0.1) is 0 Å². The Hall–Kier alpha value is -2.63. The molecular formula is C17H17F2NO3. The van der Waals surface area contributed by atoms with E-state index in [-0.39, 0.29) is 11.7 Å². The van der Waals surface area contributed by atoms with Crippen molar-refractivity contribution in [2.24, 2.45) is 0 Å². The van der Waals surface area contributed by atoms with Gasteiger partial charge in [0.1, 0.15) is 11.5 Å². The minimum absolute atomic E-state index is 0.0414. The van der Waals surface area contributed by atoms with Crippen molar-refractivity contribution in [1.29, 1.82) is 0 Å². The lowest BCUT2D eigenvalue weighted by atomic mass is 10.0. The van der Waals surface area contributed by atoms with Crippen LogP contribution in [0.15, 0.2) is 42.5 Å². The first kappa shape index (κ1) is 16.7. The van der Waals surface area contributed by atoms with Gasteiger partial charge in [-0.1, -0.05) is 19.1 Å². The van der Waals surface area contributed by atoms with Gasteiger partial charge in [0, 0.05) is 17.7 Å². The van der Waals surface area contributed by atoms with Crippen LogP contribution in [0.25, 0.3) is 11.1 Å². The third-order valence-electron chi connectivity index (χ3n) is 3.20. The normalized spacial score (nSPS) is 10.5. The fourth-order valence-electron chi connectivity index (χ4n) is 2.05. The number of alkyl halides is 2. The van der Waals surface area contributed by atoms with Gasteiger partial charge in [-0.15, -0.1) is 0 Å². The molecule has 1 amide bonds. The molecule has 4 nitrogen and oxygen atoms in total. The van der Waals surface area contributed by atoms with E-state index in [1.807, 2.05) is 0 Å². The molecule has 6 heteroatoms. The number of hydrogen-bond donors (Lipinski definition) is 1. The highest BCUT2D eigenvalue weighted by Gasteiger charge is 2.13. The van der Waals surface area contributed by atoms with Gasteiger partial charge in [0.25, 0.3) is 0 Å². The molecule has 1 N–H and O–H groups in total. The van der Waals surface area contributed by atoms with Gasteiger partial charge < -0.3 is 14.8 Å². The monoisotopic (exact) mass is 321 g/mol. The van der Waals surface area contributed by atoms with Crippen LogP contribution in [-0.4, -0.2) is 19.6 Å². The zero-order valence-electron chi connectivity index (χ0n) is 12.8. The first-order chi connectivity index (χ1) is 11.0. The Morgan fingerprint density at radius 1 is 1.17 bits per heavy atom. The van der Waals surface area contributed by atoms with Gasteiger partial charge in [-0.05, 0) is 35.9 Å². The van der Waals surface area contributed by atoms with Crippen LogP contribution >= 0.6 is 0 Å². The van der Waals surface area contributed by atoms with Gasteiger partial charge in [-0.3, -0.25) is 4.79 Å². The lowest BCUT2D eigenvalue weighted by Crippen LogP contribution is -2.10. The van der Waals surface area contributed by atoms with Crippen molar-refractivity contribution in [2.75, 3.05) is 12.4 Å². The van der Waals surface area contributed by atoms with Crippen LogP contribution in [0.3, 0.4) is 0 Å². The van der Waals surface area contributed by atoms with Gasteiger partial charge in [0.15, 0.2) is 0 Å². The number of benzene rings is 2. The van der Waals surface area contributed by atoms with Gasteiger partial charge in [-0.2, -0.15) is 8.78 Å². The standard InChI is InChI=1S/C17H17F2NO3/c1-3-16(21)20-12-6-9-15(23-17(18)19)14(10-12)11-4-7-13(22-2)8-5-11/h4-10,17H,3H2,1-2H3,(H,20,21). The molecule has 2 aromatic carbocycles. The van der Waals surface area contributed by atoms with E-state index in [1.165, 1.54) is 12.1 Å². The van der Waals surface area contributed by atoms with Crippen LogP contribution in [0.5, 0.6) is 11.5 Å². The Morgan fingerprint density at radius 2 is 1.87 bits per heavy atom. The fourth-order valence-corrected chi connectivity index (χ4v) is 2.05. The third kappa shape index (κ3) is 4.42. The molecule has 0 heterocycles. The zero-order chi connectivity index (χ0) is 16.8. The molecule has 0 saturated heterocycles. The first-order valence-corrected chi connectivity index (χ1v) is 7.06. The summed E-state index contributed by atoms with van der Waals surface area (Å²) in [6, 6.07) is 11.5. The van der Waals surface area contributed by atoms with Crippen molar-refractivity contribution in [3.63, 3.8) is 0 Å². The molecular weight excluding hydrogens is 304 g/mol. The van der Waals surface area contributed by atoms with Crippen molar-refractivity contribution < 1.29 is 23.0 Å². The van der Waals surface area contributed by atoms with E-state index < -0.39 is 6.61 Å². The second kappa shape index (κ2) is 7.58. The minimum Gasteiger partial charge on any atom is -0.497 e. The maximum absolute atomic E-state index is 12.6. The number of rotatable bonds is 6. The molecule has 122 valence electrons. The molecule has 0 aliphatic heterocycles. The van der Waals surface area contributed by atoms with Gasteiger partial charge in [0.2, 0.25) is 5.91 Å². The number of carbonyl (C=O) groups excluding carboxylic acids is 1. The van der Waals surface area contributed by atoms with Crippen LogP contribution in [0.2, 0.25) is 0 Å². The molecule has 0 aromatic heterocycles. The summed E-state index contributed by atoms with van der Waals surface area (Å²) >= 11 is 0. The van der Waals surface area contributed by atoms with Gasteiger partial charge in [-0.25, -0.2) is 0 Å². The summed E-state index contributed by atoms with van der Waals surface area (Å²) in [5.74, 6) is 0.536. The molecule has 0 atom stereocenters. The highest BCUT2D eigenvalue weighted by Crippen LogP contribution is 2.34. The number of hydrogen-bond acceptors (Lipinski definition) is 3. The Kier molecular flexibility index (Phi) is 5.51. The highest BCUT2D eigenvalue weighted by molar-refractivity contribution is 5.91. The lowest BCUT2D eigenvalue weighted by molar-refractivity contribution is -0.115. The zero-order valence-corrected chi connectivity index (χ0v) is 12.8. The molecule has 0 aliphatic rings. The minimum atomic E-state index is -2.93. The SMILES string of the molecule is CCC(=O)Nc1ccc(OC(F)F)c(-c2ccc(OC)cc2)c1. The summed E-state index contributed by atoms with van der Waals surface area (Å²) < 4.78 is 34.8. The van der Waals surface area contributed by atoms with E-state index >= 15 is 0 Å². The molecule has 0 spiro atoms. The van der Waals surface area contributed by atoms with E-state index in [2.05, 4.69) is 10.1 Å². The summed E-state index contributed by atoms with van der Waals surface area (Å²) in [5, 5.41) is 2.70. The summed E-state index contributed by atoms with van der Waals surface area (Å²) in [5.41, 5.74) is 1.65. The van der Waals surface area contributed by atoms with E-state index in [1.54, 1.807) is 44.4 Å². The van der Waals surface area contributed by atoms with E-state index in [0.717, 1.165) is 0 Å². The molecule has 0 saturated carbocycles. The van der Waals surface area contributed by atoms with Crippen molar-refractivity contribution >= 4 is 11.6 Å². The molecule has 0 unspecified atom stereocenters. The summed E-state index contributed by atoms with van der Waals surface area (Å²) in [7, 11) is 1.54. The van der Waals surface area contributed by atoms with E-state index in [4.69, 9.17) is 4.74 Å². The Labute approximate surface area is 133 Å². The third-order valence-corrected chi connectivity index (χ3v) is 3.20.